The average Bonchev–Trinajstić information content (AvgIpc) is 3.15. The Balaban J connectivity index is 0.000000139. The van der Waals surface area contributed by atoms with Crippen molar-refractivity contribution in [3.8, 4) is 5.75 Å². The van der Waals surface area contributed by atoms with Crippen LogP contribution in [0.1, 0.15) is 5.56 Å². The number of phenols is 1. The maximum atomic E-state index is 9.30. The lowest BCUT2D eigenvalue weighted by Gasteiger charge is -1.96. The summed E-state index contributed by atoms with van der Waals surface area (Å²) < 4.78 is 0. The van der Waals surface area contributed by atoms with Gasteiger partial charge in [0, 0.05) is 28.8 Å². The second-order valence-electron chi connectivity index (χ2n) is 5.15. The Morgan fingerprint density at radius 2 is 1.82 bits per heavy atom. The van der Waals surface area contributed by atoms with Gasteiger partial charge in [0.05, 0.1) is 0 Å². The van der Waals surface area contributed by atoms with Crippen LogP contribution in [0.3, 0.4) is 0 Å². The highest BCUT2D eigenvalue weighted by Gasteiger charge is 2.02. The maximum Gasteiger partial charge on any atom is 0.116 e. The molecule has 0 aliphatic carbocycles. The molecule has 0 fully saturated rings. The molecule has 0 aliphatic rings. The summed E-state index contributed by atoms with van der Waals surface area (Å²) in [5, 5.41) is 11.6. The number of hydrogen-bond acceptors (Lipinski definition) is 2. The summed E-state index contributed by atoms with van der Waals surface area (Å²) in [5.74, 6) is 0.297. The lowest BCUT2D eigenvalue weighted by Crippen LogP contribution is -2.01. The van der Waals surface area contributed by atoms with E-state index in [1.54, 1.807) is 12.1 Å². The van der Waals surface area contributed by atoms with Crippen LogP contribution in [0.15, 0.2) is 60.9 Å². The van der Waals surface area contributed by atoms with Crippen molar-refractivity contribution in [1.29, 1.82) is 0 Å². The predicted molar refractivity (Wildman–Crippen MR) is 91.0 cm³/mol. The summed E-state index contributed by atoms with van der Waals surface area (Å²) in [6, 6.07) is 15.6. The summed E-state index contributed by atoms with van der Waals surface area (Å²) in [7, 11) is 0. The van der Waals surface area contributed by atoms with Crippen molar-refractivity contribution in [3.05, 3.63) is 66.5 Å². The highest BCUT2D eigenvalue weighted by Crippen LogP contribution is 2.22. The van der Waals surface area contributed by atoms with Crippen LogP contribution in [0.25, 0.3) is 21.8 Å². The first-order chi connectivity index (χ1) is 10.8. The van der Waals surface area contributed by atoms with Crippen molar-refractivity contribution < 1.29 is 5.11 Å². The van der Waals surface area contributed by atoms with Crippen LogP contribution >= 0.6 is 0 Å². The molecular weight excluding hydrogens is 274 g/mol. The number of phenolic OH excluding ortho intramolecular Hbond substituents is 1. The van der Waals surface area contributed by atoms with E-state index >= 15 is 0 Å². The van der Waals surface area contributed by atoms with E-state index in [9.17, 15) is 5.11 Å². The monoisotopic (exact) mass is 293 g/mol. The third kappa shape index (κ3) is 2.97. The summed E-state index contributed by atoms with van der Waals surface area (Å²) in [5.41, 5.74) is 8.88. The quantitative estimate of drug-likeness (QED) is 0.456. The van der Waals surface area contributed by atoms with E-state index in [2.05, 4.69) is 28.2 Å². The summed E-state index contributed by atoms with van der Waals surface area (Å²) in [6.45, 7) is 0.628. The summed E-state index contributed by atoms with van der Waals surface area (Å²) in [4.78, 5) is 6.25. The fraction of sp³-hybridized carbons (Fsp3) is 0.111. The molecule has 4 rings (SSSR count). The Hall–Kier alpha value is -2.72. The van der Waals surface area contributed by atoms with Crippen molar-refractivity contribution in [1.82, 2.24) is 9.97 Å². The lowest BCUT2D eigenvalue weighted by atomic mass is 10.1. The SMILES string of the molecule is NCCc1c[nH]c2ccc(O)cc12.c1ccc2[nH]ccc2c1. The number of aromatic nitrogens is 2. The van der Waals surface area contributed by atoms with Crippen molar-refractivity contribution in [2.45, 2.75) is 6.42 Å². The molecule has 0 amide bonds. The van der Waals surface area contributed by atoms with Gasteiger partial charge in [-0.15, -0.1) is 0 Å². The maximum absolute atomic E-state index is 9.30. The van der Waals surface area contributed by atoms with E-state index in [1.165, 1.54) is 10.9 Å². The van der Waals surface area contributed by atoms with E-state index in [0.717, 1.165) is 22.9 Å². The molecule has 22 heavy (non-hydrogen) atoms. The van der Waals surface area contributed by atoms with Gasteiger partial charge in [-0.3, -0.25) is 0 Å². The van der Waals surface area contributed by atoms with Gasteiger partial charge in [0.25, 0.3) is 0 Å². The normalized spacial score (nSPS) is 10.6. The Bertz CT molecular complexity index is 846. The van der Waals surface area contributed by atoms with Crippen molar-refractivity contribution in [2.75, 3.05) is 6.54 Å². The van der Waals surface area contributed by atoms with Crippen molar-refractivity contribution >= 4 is 21.8 Å². The van der Waals surface area contributed by atoms with Gasteiger partial charge in [0.15, 0.2) is 0 Å². The fourth-order valence-electron chi connectivity index (χ4n) is 2.52. The lowest BCUT2D eigenvalue weighted by molar-refractivity contribution is 0.476. The van der Waals surface area contributed by atoms with Crippen LogP contribution < -0.4 is 5.73 Å². The molecule has 4 heteroatoms. The summed E-state index contributed by atoms with van der Waals surface area (Å²) in [6.07, 6.45) is 4.73. The van der Waals surface area contributed by atoms with E-state index in [-0.39, 0.29) is 0 Å². The largest absolute Gasteiger partial charge is 0.508 e. The Morgan fingerprint density at radius 1 is 0.955 bits per heavy atom. The zero-order valence-corrected chi connectivity index (χ0v) is 12.2. The minimum atomic E-state index is 0.297. The molecule has 4 nitrogen and oxygen atoms in total. The number of H-pyrrole nitrogens is 2. The molecule has 0 saturated carbocycles. The zero-order chi connectivity index (χ0) is 15.4. The van der Waals surface area contributed by atoms with Crippen LogP contribution in [-0.2, 0) is 6.42 Å². The van der Waals surface area contributed by atoms with Crippen LogP contribution in [0.2, 0.25) is 0 Å². The first-order valence-corrected chi connectivity index (χ1v) is 7.29. The smallest absolute Gasteiger partial charge is 0.116 e. The van der Waals surface area contributed by atoms with E-state index in [4.69, 9.17) is 5.73 Å². The molecule has 0 bridgehead atoms. The fourth-order valence-corrected chi connectivity index (χ4v) is 2.52. The molecule has 2 aromatic heterocycles. The first-order valence-electron chi connectivity index (χ1n) is 7.29. The topological polar surface area (TPSA) is 77.8 Å². The molecule has 0 radical (unpaired) electrons. The van der Waals surface area contributed by atoms with E-state index in [0.29, 0.717) is 12.3 Å². The molecule has 0 aliphatic heterocycles. The molecule has 0 unspecified atom stereocenters. The van der Waals surface area contributed by atoms with Crippen LogP contribution in [0.5, 0.6) is 5.75 Å². The minimum absolute atomic E-state index is 0.297. The highest BCUT2D eigenvalue weighted by molar-refractivity contribution is 5.84. The number of nitrogens with one attached hydrogen (secondary N) is 2. The van der Waals surface area contributed by atoms with Crippen molar-refractivity contribution in [2.24, 2.45) is 5.73 Å². The number of fused-ring (bicyclic) bond motifs is 2. The number of para-hydroxylation sites is 1. The second kappa shape index (κ2) is 6.37. The number of aromatic hydroxyl groups is 1. The van der Waals surface area contributed by atoms with E-state index in [1.807, 2.05) is 30.6 Å². The van der Waals surface area contributed by atoms with Crippen molar-refractivity contribution in [3.63, 3.8) is 0 Å². The van der Waals surface area contributed by atoms with Crippen LogP contribution in [0.4, 0.5) is 0 Å². The molecule has 2 aromatic carbocycles. The van der Waals surface area contributed by atoms with Gasteiger partial charge in [-0.2, -0.15) is 0 Å². The predicted octanol–water partition coefficient (Wildman–Crippen LogP) is 3.54. The number of nitrogens with two attached hydrogens (primary N) is 1. The van der Waals surface area contributed by atoms with Crippen LogP contribution in [0, 0.1) is 0 Å². The average molecular weight is 293 g/mol. The highest BCUT2D eigenvalue weighted by atomic mass is 16.3. The Morgan fingerprint density at radius 3 is 2.64 bits per heavy atom. The van der Waals surface area contributed by atoms with Gasteiger partial charge >= 0.3 is 0 Å². The minimum Gasteiger partial charge on any atom is -0.508 e. The molecule has 0 saturated heterocycles. The molecule has 4 aromatic rings. The third-order valence-electron chi connectivity index (χ3n) is 3.63. The number of aromatic amines is 2. The second-order valence-corrected chi connectivity index (χ2v) is 5.15. The number of benzene rings is 2. The van der Waals surface area contributed by atoms with Gasteiger partial charge in [-0.25, -0.2) is 0 Å². The number of hydrogen-bond donors (Lipinski definition) is 4. The molecule has 0 spiro atoms. The molecule has 5 N–H and O–H groups in total. The van der Waals surface area contributed by atoms with Gasteiger partial charge < -0.3 is 20.8 Å². The molecule has 112 valence electrons. The van der Waals surface area contributed by atoms with Gasteiger partial charge in [-0.05, 0) is 54.2 Å². The van der Waals surface area contributed by atoms with Gasteiger partial charge in [0.1, 0.15) is 5.75 Å². The van der Waals surface area contributed by atoms with Crippen LogP contribution in [-0.4, -0.2) is 21.6 Å². The number of rotatable bonds is 2. The Kier molecular flexibility index (Phi) is 4.12. The standard InChI is InChI=1S/C10H12N2O.C8H7N/c11-4-3-7-6-12-10-2-1-8(13)5-9(7)10;1-2-4-8-7(3-1)5-6-9-8/h1-2,5-6,12-13H,3-4,11H2;1-6,9H. The molecule has 2 heterocycles. The zero-order valence-electron chi connectivity index (χ0n) is 12.2. The van der Waals surface area contributed by atoms with Gasteiger partial charge in [0.2, 0.25) is 0 Å². The van der Waals surface area contributed by atoms with E-state index < -0.39 is 0 Å². The van der Waals surface area contributed by atoms with Gasteiger partial charge in [-0.1, -0.05) is 18.2 Å². The summed E-state index contributed by atoms with van der Waals surface area (Å²) >= 11 is 0. The molecular formula is C18H19N3O. The Labute approximate surface area is 128 Å². The third-order valence-corrected chi connectivity index (χ3v) is 3.63. The first kappa shape index (κ1) is 14.2. The molecule has 0 atom stereocenters.